The van der Waals surface area contributed by atoms with E-state index in [0.717, 1.165) is 61.2 Å². The molecule has 0 saturated heterocycles. The van der Waals surface area contributed by atoms with Gasteiger partial charge in [-0.3, -0.25) is 4.79 Å². The second kappa shape index (κ2) is 13.3. The molecule has 9 unspecified atom stereocenters. The number of allylic oxidation sites excluding steroid dienone is 3. The zero-order valence-corrected chi connectivity index (χ0v) is 26.8. The molecule has 0 amide bonds. The largest absolute Gasteiger partial charge is 0.462 e. The number of fused-ring (bicyclic) bond motifs is 5. The fraction of sp³-hybridized carbons (Fsp3) is 0.865. The van der Waals surface area contributed by atoms with E-state index in [0.29, 0.717) is 23.2 Å². The van der Waals surface area contributed by atoms with Crippen molar-refractivity contribution in [2.75, 3.05) is 0 Å². The monoisotopic (exact) mass is 538 g/mol. The number of carbonyl (C=O) groups excluding carboxylic acids is 1. The van der Waals surface area contributed by atoms with Gasteiger partial charge in [0.2, 0.25) is 0 Å². The zero-order chi connectivity index (χ0) is 28.2. The van der Waals surface area contributed by atoms with Crippen LogP contribution in [0.15, 0.2) is 23.8 Å². The molecule has 4 aliphatic carbocycles. The van der Waals surface area contributed by atoms with Crippen LogP contribution in [0.25, 0.3) is 0 Å². The van der Waals surface area contributed by atoms with E-state index in [4.69, 9.17) is 4.74 Å². The molecular weight excluding hydrogens is 476 g/mol. The van der Waals surface area contributed by atoms with Gasteiger partial charge in [0, 0.05) is 12.8 Å². The number of hydrogen-bond donors (Lipinski definition) is 0. The fourth-order valence-electron chi connectivity index (χ4n) is 10.0. The summed E-state index contributed by atoms with van der Waals surface area (Å²) in [5.74, 6) is 5.56. The van der Waals surface area contributed by atoms with E-state index in [9.17, 15) is 4.79 Å². The van der Waals surface area contributed by atoms with Crippen molar-refractivity contribution >= 4 is 5.97 Å². The van der Waals surface area contributed by atoms with Gasteiger partial charge in [-0.2, -0.15) is 0 Å². The SMILES string of the molecule is CCCCCCCC(=O)OC1CCC2(C)C(=CCC3C2CCC2(C)C(C(C)/C=C/C(CC)C(C)C)CCC32)C1. The lowest BCUT2D eigenvalue weighted by Gasteiger charge is -2.58. The molecule has 0 bridgehead atoms. The van der Waals surface area contributed by atoms with Gasteiger partial charge in [-0.15, -0.1) is 0 Å². The smallest absolute Gasteiger partial charge is 0.306 e. The molecule has 2 heteroatoms. The van der Waals surface area contributed by atoms with Crippen LogP contribution in [-0.4, -0.2) is 12.1 Å². The molecule has 0 radical (unpaired) electrons. The summed E-state index contributed by atoms with van der Waals surface area (Å²) in [6.07, 6.45) is 25.8. The third-order valence-corrected chi connectivity index (χ3v) is 12.5. The molecule has 0 N–H and O–H groups in total. The molecule has 0 aromatic heterocycles. The molecule has 3 fully saturated rings. The lowest BCUT2D eigenvalue weighted by Crippen LogP contribution is -2.51. The van der Waals surface area contributed by atoms with Crippen LogP contribution in [-0.2, 0) is 9.53 Å². The highest BCUT2D eigenvalue weighted by Crippen LogP contribution is 2.67. The predicted octanol–water partition coefficient (Wildman–Crippen LogP) is 10.7. The second-order valence-electron chi connectivity index (χ2n) is 15.1. The summed E-state index contributed by atoms with van der Waals surface area (Å²) in [4.78, 5) is 12.5. The summed E-state index contributed by atoms with van der Waals surface area (Å²) in [7, 11) is 0. The first-order valence-electron chi connectivity index (χ1n) is 17.2. The molecule has 0 spiro atoms. The molecular formula is C37H62O2. The first-order chi connectivity index (χ1) is 18.6. The number of carbonyl (C=O) groups is 1. The third-order valence-electron chi connectivity index (χ3n) is 12.5. The van der Waals surface area contributed by atoms with Gasteiger partial charge >= 0.3 is 5.97 Å². The molecule has 39 heavy (non-hydrogen) atoms. The second-order valence-corrected chi connectivity index (χ2v) is 15.1. The van der Waals surface area contributed by atoms with Gasteiger partial charge in [0.15, 0.2) is 0 Å². The lowest BCUT2D eigenvalue weighted by atomic mass is 9.47. The van der Waals surface area contributed by atoms with Crippen LogP contribution in [0.3, 0.4) is 0 Å². The van der Waals surface area contributed by atoms with Crippen molar-refractivity contribution in [2.24, 2.45) is 52.3 Å². The van der Waals surface area contributed by atoms with E-state index in [2.05, 4.69) is 66.7 Å². The Morgan fingerprint density at radius 2 is 1.74 bits per heavy atom. The summed E-state index contributed by atoms with van der Waals surface area (Å²) in [6, 6.07) is 0. The minimum atomic E-state index is 0.0432. The fourth-order valence-corrected chi connectivity index (χ4v) is 10.0. The van der Waals surface area contributed by atoms with Crippen molar-refractivity contribution in [3.05, 3.63) is 23.8 Å². The molecule has 222 valence electrons. The molecule has 0 aromatic carbocycles. The minimum Gasteiger partial charge on any atom is -0.462 e. The van der Waals surface area contributed by atoms with Gasteiger partial charge < -0.3 is 4.74 Å². The molecule has 0 heterocycles. The maximum atomic E-state index is 12.5. The normalized spacial score (nSPS) is 37.6. The molecule has 0 aliphatic heterocycles. The Morgan fingerprint density at radius 3 is 2.46 bits per heavy atom. The van der Waals surface area contributed by atoms with Gasteiger partial charge in [0.25, 0.3) is 0 Å². The average Bonchev–Trinajstić information content (AvgIpc) is 3.26. The highest BCUT2D eigenvalue weighted by atomic mass is 16.5. The zero-order valence-electron chi connectivity index (χ0n) is 26.8. The van der Waals surface area contributed by atoms with Crippen LogP contribution in [0.5, 0.6) is 0 Å². The Morgan fingerprint density at radius 1 is 0.974 bits per heavy atom. The Hall–Kier alpha value is -1.05. The van der Waals surface area contributed by atoms with E-state index in [1.807, 2.05) is 0 Å². The van der Waals surface area contributed by atoms with Gasteiger partial charge in [0.05, 0.1) is 0 Å². The standard InChI is InChI=1S/C37H62O2/c1-8-10-11-12-13-14-35(38)39-30-21-23-36(6)29(25-30)17-18-31-33-20-19-32(37(33,7)24-22-34(31)36)27(5)15-16-28(9-2)26(3)4/h15-17,26-28,30-34H,8-14,18-25H2,1-7H3/b16-15+. The van der Waals surface area contributed by atoms with E-state index in [1.165, 1.54) is 64.2 Å². The number of ether oxygens (including phenoxy) is 1. The Labute approximate surface area is 242 Å². The number of unbranched alkanes of at least 4 members (excludes halogenated alkanes) is 4. The van der Waals surface area contributed by atoms with E-state index >= 15 is 0 Å². The first-order valence-corrected chi connectivity index (χ1v) is 17.2. The molecule has 0 aromatic rings. The molecule has 3 saturated carbocycles. The van der Waals surface area contributed by atoms with Crippen molar-refractivity contribution < 1.29 is 9.53 Å². The highest BCUT2D eigenvalue weighted by molar-refractivity contribution is 5.69. The van der Waals surface area contributed by atoms with Crippen LogP contribution in [0.2, 0.25) is 0 Å². The maximum Gasteiger partial charge on any atom is 0.306 e. The summed E-state index contributed by atoms with van der Waals surface area (Å²) < 4.78 is 6.03. The predicted molar refractivity (Wildman–Crippen MR) is 165 cm³/mol. The molecule has 4 rings (SSSR count). The van der Waals surface area contributed by atoms with E-state index in [-0.39, 0.29) is 12.1 Å². The summed E-state index contributed by atoms with van der Waals surface area (Å²) >= 11 is 0. The van der Waals surface area contributed by atoms with Crippen LogP contribution >= 0.6 is 0 Å². The van der Waals surface area contributed by atoms with Gasteiger partial charge in [-0.1, -0.05) is 98.0 Å². The van der Waals surface area contributed by atoms with Crippen molar-refractivity contribution in [3.63, 3.8) is 0 Å². The van der Waals surface area contributed by atoms with Crippen molar-refractivity contribution in [3.8, 4) is 0 Å². The summed E-state index contributed by atoms with van der Waals surface area (Å²) in [5.41, 5.74) is 2.45. The molecule has 9 atom stereocenters. The maximum absolute atomic E-state index is 12.5. The van der Waals surface area contributed by atoms with E-state index < -0.39 is 0 Å². The topological polar surface area (TPSA) is 26.3 Å². The van der Waals surface area contributed by atoms with Crippen molar-refractivity contribution in [1.82, 2.24) is 0 Å². The minimum absolute atomic E-state index is 0.0432. The number of rotatable bonds is 12. The summed E-state index contributed by atoms with van der Waals surface area (Å²) in [5, 5.41) is 0. The van der Waals surface area contributed by atoms with Gasteiger partial charge in [-0.05, 0) is 110 Å². The average molecular weight is 539 g/mol. The van der Waals surface area contributed by atoms with Crippen LogP contribution in [0.4, 0.5) is 0 Å². The number of esters is 1. The Bertz CT molecular complexity index is 869. The number of hydrogen-bond acceptors (Lipinski definition) is 2. The van der Waals surface area contributed by atoms with Crippen LogP contribution in [0, 0.1) is 52.3 Å². The van der Waals surface area contributed by atoms with Crippen molar-refractivity contribution in [1.29, 1.82) is 0 Å². The lowest BCUT2D eigenvalue weighted by molar-refractivity contribution is -0.151. The molecule has 2 nitrogen and oxygen atoms in total. The Balaban J connectivity index is 1.37. The van der Waals surface area contributed by atoms with Crippen LogP contribution in [0.1, 0.15) is 145 Å². The summed E-state index contributed by atoms with van der Waals surface area (Å²) in [6.45, 7) is 17.1. The van der Waals surface area contributed by atoms with Crippen LogP contribution < -0.4 is 0 Å². The van der Waals surface area contributed by atoms with E-state index in [1.54, 1.807) is 5.57 Å². The first kappa shape index (κ1) is 30.9. The third kappa shape index (κ3) is 6.56. The quantitative estimate of drug-likeness (QED) is 0.140. The van der Waals surface area contributed by atoms with Gasteiger partial charge in [0.1, 0.15) is 6.10 Å². The van der Waals surface area contributed by atoms with Crippen molar-refractivity contribution in [2.45, 2.75) is 151 Å². The molecule has 4 aliphatic rings. The highest BCUT2D eigenvalue weighted by Gasteiger charge is 2.59. The Kier molecular flexibility index (Phi) is 10.5. The van der Waals surface area contributed by atoms with Gasteiger partial charge in [-0.25, -0.2) is 0 Å².